The van der Waals surface area contributed by atoms with Crippen LogP contribution in [-0.2, 0) is 19.2 Å². The second-order valence-electron chi connectivity index (χ2n) is 20.0. The molecule has 54 heavy (non-hydrogen) atoms. The average molecular weight is 777 g/mol. The van der Waals surface area contributed by atoms with Crippen LogP contribution < -0.4 is 27.4 Å². The SMILES string of the molecule is CC1(C)C2(CCC2)[C@]12CN[C@H](C(=O)NC(CC1CCC1)C(O)C(N)=O)C2.CN1C[C@]2(C[C@H]1C(=O)NC(CC1CCC1)C(O)C(N)=O)C(C)(C)C21CCC1.Cl. The van der Waals surface area contributed by atoms with Crippen LogP contribution in [0.2, 0.25) is 0 Å². The van der Waals surface area contributed by atoms with Gasteiger partial charge in [-0.15, -0.1) is 12.4 Å². The Bertz CT molecular complexity index is 1480. The van der Waals surface area contributed by atoms with Crippen LogP contribution in [0.15, 0.2) is 0 Å². The summed E-state index contributed by atoms with van der Waals surface area (Å²) in [5.41, 5.74) is 12.5. The van der Waals surface area contributed by atoms with Crippen LogP contribution in [0.5, 0.6) is 0 Å². The van der Waals surface area contributed by atoms with E-state index < -0.39 is 36.1 Å². The summed E-state index contributed by atoms with van der Waals surface area (Å²) < 4.78 is 0. The van der Waals surface area contributed by atoms with E-state index in [4.69, 9.17) is 11.5 Å². The lowest BCUT2D eigenvalue weighted by atomic mass is 9.73. The van der Waals surface area contributed by atoms with Crippen LogP contribution in [0.4, 0.5) is 0 Å². The molecule has 8 rings (SSSR count). The molecule has 0 aromatic heterocycles. The highest BCUT2D eigenvalue weighted by atomic mass is 35.5. The van der Waals surface area contributed by atoms with Gasteiger partial charge >= 0.3 is 0 Å². The van der Waals surface area contributed by atoms with Crippen LogP contribution in [0.1, 0.15) is 130 Å². The molecule has 2 heterocycles. The van der Waals surface area contributed by atoms with E-state index in [0.29, 0.717) is 46.3 Å². The van der Waals surface area contributed by atoms with Crippen LogP contribution in [0.3, 0.4) is 0 Å². The van der Waals surface area contributed by atoms with Gasteiger partial charge in [0.1, 0.15) is 0 Å². The minimum absolute atomic E-state index is 0. The number of rotatable bonds is 12. The maximum atomic E-state index is 13.1. The maximum Gasteiger partial charge on any atom is 0.248 e. The molecule has 0 aromatic carbocycles. The molecule has 12 nitrogen and oxygen atoms in total. The van der Waals surface area contributed by atoms with Crippen molar-refractivity contribution in [1.29, 1.82) is 0 Å². The normalized spacial score (nSPS) is 35.5. The Morgan fingerprint density at radius 2 is 1.15 bits per heavy atom. The summed E-state index contributed by atoms with van der Waals surface area (Å²) in [6.45, 7) is 11.3. The van der Waals surface area contributed by atoms with Gasteiger partial charge in [0.25, 0.3) is 0 Å². The van der Waals surface area contributed by atoms with E-state index in [0.717, 1.165) is 51.6 Å². The van der Waals surface area contributed by atoms with E-state index in [1.54, 1.807) is 0 Å². The summed E-state index contributed by atoms with van der Waals surface area (Å²) in [7, 11) is 2.03. The van der Waals surface area contributed by atoms with Crippen molar-refractivity contribution >= 4 is 36.0 Å². The van der Waals surface area contributed by atoms with Crippen LogP contribution >= 0.6 is 12.4 Å². The first kappa shape index (κ1) is 41.6. The van der Waals surface area contributed by atoms with E-state index in [2.05, 4.69) is 48.5 Å². The maximum absolute atomic E-state index is 13.1. The molecule has 13 heteroatoms. The van der Waals surface area contributed by atoms with Gasteiger partial charge in [-0.1, -0.05) is 79.1 Å². The number of likely N-dealkylation sites (N-methyl/N-ethyl adjacent to an activating group) is 1. The predicted octanol–water partition coefficient (Wildman–Crippen LogP) is 2.90. The second kappa shape index (κ2) is 14.4. The van der Waals surface area contributed by atoms with Crippen molar-refractivity contribution in [2.45, 2.75) is 167 Å². The number of halogens is 1. The third kappa shape index (κ3) is 6.04. The molecule has 9 N–H and O–H groups in total. The number of nitrogens with two attached hydrogens (primary N) is 2. The zero-order valence-electron chi connectivity index (χ0n) is 33.4. The zero-order valence-corrected chi connectivity index (χ0v) is 34.2. The lowest BCUT2D eigenvalue weighted by molar-refractivity contribution is -0.132. The van der Waals surface area contributed by atoms with Gasteiger partial charge in [0.15, 0.2) is 12.2 Å². The molecular formula is C41H69ClN6O6. The summed E-state index contributed by atoms with van der Waals surface area (Å²) in [5, 5.41) is 29.8. The molecule has 8 aliphatic rings. The van der Waals surface area contributed by atoms with Crippen molar-refractivity contribution in [2.24, 2.45) is 55.8 Å². The van der Waals surface area contributed by atoms with Crippen LogP contribution in [0.25, 0.3) is 0 Å². The van der Waals surface area contributed by atoms with Gasteiger partial charge < -0.3 is 37.6 Å². The van der Waals surface area contributed by atoms with E-state index >= 15 is 0 Å². The molecular weight excluding hydrogens is 708 g/mol. The highest BCUT2D eigenvalue weighted by molar-refractivity contribution is 5.86. The Kier molecular flexibility index (Phi) is 11.1. The van der Waals surface area contributed by atoms with Gasteiger partial charge in [0.2, 0.25) is 23.6 Å². The Labute approximate surface area is 328 Å². The third-order valence-corrected chi connectivity index (χ3v) is 17.9. The summed E-state index contributed by atoms with van der Waals surface area (Å²) in [6, 6.07) is -1.57. The molecule has 6 aliphatic carbocycles. The van der Waals surface area contributed by atoms with E-state index in [-0.39, 0.29) is 47.1 Å². The first-order valence-corrected chi connectivity index (χ1v) is 20.9. The number of carbonyl (C=O) groups excluding carboxylic acids is 4. The molecule has 8 atom stereocenters. The third-order valence-electron chi connectivity index (χ3n) is 17.9. The number of likely N-dealkylation sites (tertiary alicyclic amines) is 1. The highest BCUT2D eigenvalue weighted by Gasteiger charge is 2.85. The molecule has 4 amide bonds. The Hall–Kier alpha value is -1.99. The molecule has 0 radical (unpaired) electrons. The topological polar surface area (TPSA) is 200 Å². The van der Waals surface area contributed by atoms with Crippen LogP contribution in [-0.4, -0.2) is 95.3 Å². The fourth-order valence-corrected chi connectivity index (χ4v) is 13.4. The number of amides is 4. The molecule has 2 aliphatic heterocycles. The number of carbonyl (C=O) groups is 4. The molecule has 8 fully saturated rings. The molecule has 0 bridgehead atoms. The Morgan fingerprint density at radius 1 is 0.704 bits per heavy atom. The molecule has 0 aromatic rings. The van der Waals surface area contributed by atoms with E-state index in [1.807, 2.05) is 7.05 Å². The van der Waals surface area contributed by atoms with Crippen molar-refractivity contribution in [3.63, 3.8) is 0 Å². The summed E-state index contributed by atoms with van der Waals surface area (Å²) in [5.74, 6) is -0.731. The van der Waals surface area contributed by atoms with Crippen molar-refractivity contribution in [3.8, 4) is 0 Å². The molecule has 4 unspecified atom stereocenters. The first-order chi connectivity index (χ1) is 24.9. The fourth-order valence-electron chi connectivity index (χ4n) is 13.4. The van der Waals surface area contributed by atoms with Gasteiger partial charge in [0, 0.05) is 13.1 Å². The predicted molar refractivity (Wildman–Crippen MR) is 208 cm³/mol. The second-order valence-corrected chi connectivity index (χ2v) is 20.0. The minimum Gasteiger partial charge on any atom is -0.381 e. The minimum atomic E-state index is -1.31. The van der Waals surface area contributed by atoms with Gasteiger partial charge in [-0.25, -0.2) is 0 Å². The molecule has 2 saturated heterocycles. The first-order valence-electron chi connectivity index (χ1n) is 20.9. The smallest absolute Gasteiger partial charge is 0.248 e. The average Bonchev–Trinajstić information content (AvgIpc) is 3.36. The number of hydrogen-bond donors (Lipinski definition) is 7. The zero-order chi connectivity index (χ0) is 38.4. The standard InChI is InChI=1S/C21H35N3O3.C20H33N3O3.ClH/c1-19(2)20(8-5-9-20)21(19)11-15(24(3)12-21)18(27)23-14(16(25)17(22)26)10-13-6-4-7-13;1-18(2)19(7-4-8-19)20(18)10-14(22-11-20)17(26)23-13(15(24)16(21)25)9-12-5-3-6-12;/h13-16,25H,4-12H2,1-3H3,(H2,22,26)(H,23,27);12-15,22,24H,3-11H2,1-2H3,(H2,21,25)(H,23,26);1H/t14?,15-,16?,21+;13?,14-,15?,20+;/m00./s1. The fraction of sp³-hybridized carbons (Fsp3) is 0.902. The number of aliphatic hydroxyl groups is 2. The van der Waals surface area contributed by atoms with Gasteiger partial charge in [-0.2, -0.15) is 0 Å². The molecule has 306 valence electrons. The van der Waals surface area contributed by atoms with Gasteiger partial charge in [-0.05, 0) is 103 Å². The highest BCUT2D eigenvalue weighted by Crippen LogP contribution is 2.88. The van der Waals surface area contributed by atoms with Crippen molar-refractivity contribution in [2.75, 3.05) is 20.1 Å². The Morgan fingerprint density at radius 3 is 1.52 bits per heavy atom. The van der Waals surface area contributed by atoms with Crippen molar-refractivity contribution in [1.82, 2.24) is 20.9 Å². The summed E-state index contributed by atoms with van der Waals surface area (Å²) in [6.07, 6.45) is 14.9. The van der Waals surface area contributed by atoms with E-state index in [1.165, 1.54) is 51.4 Å². The summed E-state index contributed by atoms with van der Waals surface area (Å²) in [4.78, 5) is 51.2. The quantitative estimate of drug-likeness (QED) is 0.157. The van der Waals surface area contributed by atoms with E-state index in [9.17, 15) is 29.4 Å². The number of aliphatic hydroxyl groups excluding tert-OH is 2. The molecule has 4 spiro atoms. The monoisotopic (exact) mass is 776 g/mol. The Balaban J connectivity index is 0.000000181. The van der Waals surface area contributed by atoms with Crippen molar-refractivity contribution < 1.29 is 29.4 Å². The number of fused-ring (bicyclic) bond motifs is 2. The number of primary amides is 2. The number of nitrogens with one attached hydrogen (secondary N) is 3. The lowest BCUT2D eigenvalue weighted by Crippen LogP contribution is -2.54. The van der Waals surface area contributed by atoms with Crippen molar-refractivity contribution in [3.05, 3.63) is 0 Å². The van der Waals surface area contributed by atoms with Gasteiger partial charge in [0.05, 0.1) is 24.2 Å². The van der Waals surface area contributed by atoms with Crippen LogP contribution in [0, 0.1) is 44.3 Å². The largest absolute Gasteiger partial charge is 0.381 e. The molecule has 6 saturated carbocycles. The number of nitrogens with zero attached hydrogens (tertiary/aromatic N) is 1. The summed E-state index contributed by atoms with van der Waals surface area (Å²) >= 11 is 0. The lowest BCUT2D eigenvalue weighted by Gasteiger charge is -2.32. The van der Waals surface area contributed by atoms with Gasteiger partial charge in [-0.3, -0.25) is 24.1 Å². The number of hydrogen-bond acceptors (Lipinski definition) is 8.